The molecule has 5 aliphatic carbocycles. The zero-order valence-corrected chi connectivity index (χ0v) is 31.5. The average molecular weight is 696 g/mol. The molecule has 5 saturated carbocycles. The summed E-state index contributed by atoms with van der Waals surface area (Å²) in [6.45, 7) is 19.4. The average Bonchev–Trinajstić information content (AvgIpc) is 3.62. The van der Waals surface area contributed by atoms with Crippen molar-refractivity contribution in [2.45, 2.75) is 149 Å². The Balaban J connectivity index is 0.00000129. The summed E-state index contributed by atoms with van der Waals surface area (Å²) in [7, 11) is 2.15. The van der Waals surface area contributed by atoms with E-state index >= 15 is 0 Å². The molecular formula is C37H61NO9S. The van der Waals surface area contributed by atoms with Gasteiger partial charge in [0.05, 0.1) is 36.6 Å². The number of carbonyl (C=O) groups is 1. The molecule has 10 nitrogen and oxygen atoms in total. The zero-order chi connectivity index (χ0) is 35.2. The Morgan fingerprint density at radius 1 is 1.04 bits per heavy atom. The van der Waals surface area contributed by atoms with Crippen molar-refractivity contribution in [2.75, 3.05) is 26.7 Å². The standard InChI is InChI=1S/C37H61NO7.O2S/c1-21-18-23(31(33(5,6)41)43-22(2)39)44-29-28(21)34(7)14-15-37-20-36(37)13-12-26(45-27-19-38(9)16-17-42-27)32(3,4)24(36)10-11-25(37)35(34,8)30(29)40;1-3-2/h21,23-31,40-41H,10-20H2,1-9H3;/t21-,23?,24+,25?,26?,27+,28+,29?,30+,31+,34-,35-,36-,37+;/m1./s1. The van der Waals surface area contributed by atoms with Crippen LogP contribution in [0.4, 0.5) is 0 Å². The van der Waals surface area contributed by atoms with Crippen LogP contribution in [0.25, 0.3) is 0 Å². The Hall–Kier alpha value is -0.950. The lowest BCUT2D eigenvalue weighted by atomic mass is 9.41. The smallest absolute Gasteiger partial charge is 0.335 e. The third-order valence-corrected chi connectivity index (χ3v) is 15.6. The van der Waals surface area contributed by atoms with E-state index in [0.717, 1.165) is 39.0 Å². The topological polar surface area (TPSA) is 132 Å². The predicted molar refractivity (Wildman–Crippen MR) is 179 cm³/mol. The SMILES string of the molecule is CC(=O)O[C@@H](C1C[C@@H](C)[C@H]2C(O1)[C@H](O)[C@@]1(C)C3CC[C@H]4C(C)(C)C(O[C@H]5CN(C)CCO5)CC[C@@]45C[C@@]35CC[C@]21C)C(C)(C)O.O=S=O. The molecular weight excluding hydrogens is 634 g/mol. The van der Waals surface area contributed by atoms with Gasteiger partial charge in [0.2, 0.25) is 0 Å². The van der Waals surface area contributed by atoms with Crippen LogP contribution < -0.4 is 0 Å². The maximum absolute atomic E-state index is 12.5. The van der Waals surface area contributed by atoms with Crippen molar-refractivity contribution in [2.24, 2.45) is 50.7 Å². The highest BCUT2D eigenvalue weighted by Crippen LogP contribution is 2.89. The molecule has 274 valence electrons. The number of rotatable bonds is 5. The maximum atomic E-state index is 12.5. The first kappa shape index (κ1) is 36.8. The molecule has 2 aliphatic heterocycles. The summed E-state index contributed by atoms with van der Waals surface area (Å²) in [5.74, 6) is 1.16. The minimum absolute atomic E-state index is 0.0418. The summed E-state index contributed by atoms with van der Waals surface area (Å²) in [4.78, 5) is 14.4. The third-order valence-electron chi connectivity index (χ3n) is 15.6. The van der Waals surface area contributed by atoms with E-state index in [0.29, 0.717) is 23.7 Å². The fraction of sp³-hybridized carbons (Fsp3) is 0.973. The van der Waals surface area contributed by atoms with Gasteiger partial charge in [0.25, 0.3) is 0 Å². The number of hydrogen-bond acceptors (Lipinski definition) is 10. The van der Waals surface area contributed by atoms with E-state index in [9.17, 15) is 15.0 Å². The number of aliphatic hydroxyl groups is 2. The molecule has 14 atom stereocenters. The lowest BCUT2D eigenvalue weighted by Gasteiger charge is -2.64. The van der Waals surface area contributed by atoms with Gasteiger partial charge in [0.1, 0.15) is 0 Å². The Labute approximate surface area is 290 Å². The molecule has 48 heavy (non-hydrogen) atoms. The van der Waals surface area contributed by atoms with Crippen molar-refractivity contribution in [1.29, 1.82) is 0 Å². The van der Waals surface area contributed by atoms with Gasteiger partial charge in [-0.25, -0.2) is 0 Å². The number of ether oxygens (including phenoxy) is 4. The fourth-order valence-electron chi connectivity index (χ4n) is 13.6. The van der Waals surface area contributed by atoms with Gasteiger partial charge in [-0.3, -0.25) is 9.69 Å². The predicted octanol–water partition coefficient (Wildman–Crippen LogP) is 4.51. The number of esters is 1. The number of fused-ring (bicyclic) bond motifs is 4. The molecule has 7 rings (SSSR count). The largest absolute Gasteiger partial charge is 0.457 e. The number of hydrogen-bond donors (Lipinski definition) is 2. The van der Waals surface area contributed by atoms with E-state index in [1.54, 1.807) is 13.8 Å². The van der Waals surface area contributed by atoms with Crippen LogP contribution in [-0.4, -0.2) is 98.7 Å². The molecule has 7 aliphatic rings. The summed E-state index contributed by atoms with van der Waals surface area (Å²) in [5.41, 5.74) is -0.869. The Morgan fingerprint density at radius 3 is 2.31 bits per heavy atom. The molecule has 0 bridgehead atoms. The van der Waals surface area contributed by atoms with Crippen molar-refractivity contribution in [3.8, 4) is 0 Å². The van der Waals surface area contributed by atoms with Crippen LogP contribution in [0.15, 0.2) is 0 Å². The van der Waals surface area contributed by atoms with E-state index in [1.165, 1.54) is 32.6 Å². The zero-order valence-electron chi connectivity index (χ0n) is 30.7. The van der Waals surface area contributed by atoms with Crippen molar-refractivity contribution in [3.05, 3.63) is 0 Å². The molecule has 0 aromatic heterocycles. The first-order valence-corrected chi connectivity index (χ1v) is 19.1. The molecule has 2 N–H and O–H groups in total. The summed E-state index contributed by atoms with van der Waals surface area (Å²) >= 11 is -0.750. The van der Waals surface area contributed by atoms with Crippen molar-refractivity contribution in [1.82, 2.24) is 4.90 Å². The molecule has 2 saturated heterocycles. The van der Waals surface area contributed by atoms with Gasteiger partial charge in [-0.2, -0.15) is 8.42 Å². The summed E-state index contributed by atoms with van der Waals surface area (Å²) in [6, 6.07) is 0. The van der Waals surface area contributed by atoms with Gasteiger partial charge < -0.3 is 29.2 Å². The van der Waals surface area contributed by atoms with Crippen molar-refractivity contribution >= 4 is 17.5 Å². The second-order valence-corrected chi connectivity index (χ2v) is 18.6. The van der Waals surface area contributed by atoms with E-state index < -0.39 is 41.5 Å². The second-order valence-electron chi connectivity index (χ2n) is 18.5. The van der Waals surface area contributed by atoms with Crippen LogP contribution >= 0.6 is 0 Å². The summed E-state index contributed by atoms with van der Waals surface area (Å²) in [5, 5.41) is 23.5. The van der Waals surface area contributed by atoms with Gasteiger partial charge >= 0.3 is 17.5 Å². The number of carbonyl (C=O) groups excluding carboxylic acids is 1. The number of likely N-dealkylation sites (N-methyl/N-ethyl adjacent to an activating group) is 1. The Bertz CT molecular complexity index is 1280. The normalized spacial score (nSPS) is 49.8. The molecule has 2 heterocycles. The molecule has 0 aromatic carbocycles. The molecule has 11 heteroatoms. The maximum Gasteiger partial charge on any atom is 0.335 e. The highest BCUT2D eigenvalue weighted by Gasteiger charge is 2.84. The first-order chi connectivity index (χ1) is 22.3. The summed E-state index contributed by atoms with van der Waals surface area (Å²) < 4.78 is 41.9. The van der Waals surface area contributed by atoms with Gasteiger partial charge in [-0.1, -0.05) is 34.6 Å². The van der Waals surface area contributed by atoms with Crippen LogP contribution in [-0.2, 0) is 35.3 Å². The molecule has 4 unspecified atom stereocenters. The van der Waals surface area contributed by atoms with Crippen LogP contribution in [0, 0.1) is 50.7 Å². The Kier molecular flexibility index (Phi) is 9.46. The minimum atomic E-state index is -1.25. The highest BCUT2D eigenvalue weighted by atomic mass is 32.1. The number of nitrogens with zero attached hydrogens (tertiary/aromatic N) is 1. The third kappa shape index (κ3) is 5.25. The molecule has 0 amide bonds. The molecule has 0 aromatic rings. The van der Waals surface area contributed by atoms with E-state index in [-0.39, 0.29) is 52.0 Å². The highest BCUT2D eigenvalue weighted by molar-refractivity contribution is 7.51. The number of aliphatic hydroxyl groups excluding tert-OH is 1. The van der Waals surface area contributed by atoms with Crippen molar-refractivity contribution in [3.63, 3.8) is 0 Å². The van der Waals surface area contributed by atoms with Gasteiger partial charge in [0, 0.05) is 25.4 Å². The summed E-state index contributed by atoms with van der Waals surface area (Å²) in [6.07, 6.45) is 6.89. The van der Waals surface area contributed by atoms with Gasteiger partial charge in [-0.15, -0.1) is 0 Å². The molecule has 2 spiro atoms. The van der Waals surface area contributed by atoms with E-state index in [1.807, 2.05) is 0 Å². The minimum Gasteiger partial charge on any atom is -0.457 e. The Morgan fingerprint density at radius 2 is 1.69 bits per heavy atom. The van der Waals surface area contributed by atoms with E-state index in [2.05, 4.69) is 46.6 Å². The monoisotopic (exact) mass is 695 g/mol. The van der Waals surface area contributed by atoms with Crippen LogP contribution in [0.5, 0.6) is 0 Å². The van der Waals surface area contributed by atoms with Gasteiger partial charge in [0.15, 0.2) is 12.4 Å². The lowest BCUT2D eigenvalue weighted by molar-refractivity contribution is -0.247. The van der Waals surface area contributed by atoms with Crippen LogP contribution in [0.3, 0.4) is 0 Å². The molecule has 7 fully saturated rings. The fourth-order valence-corrected chi connectivity index (χ4v) is 13.6. The number of morpholine rings is 1. The van der Waals surface area contributed by atoms with Crippen molar-refractivity contribution < 1.29 is 42.4 Å². The molecule has 0 radical (unpaired) electrons. The quantitative estimate of drug-likeness (QED) is 0.397. The van der Waals surface area contributed by atoms with E-state index in [4.69, 9.17) is 27.4 Å². The second kappa shape index (κ2) is 12.3. The lowest BCUT2D eigenvalue weighted by Crippen LogP contribution is -2.60. The van der Waals surface area contributed by atoms with Crippen LogP contribution in [0.2, 0.25) is 0 Å². The first-order valence-electron chi connectivity index (χ1n) is 18.4. The van der Waals surface area contributed by atoms with Crippen LogP contribution in [0.1, 0.15) is 107 Å². The van der Waals surface area contributed by atoms with Gasteiger partial charge in [-0.05, 0) is 118 Å².